The van der Waals surface area contributed by atoms with Crippen LogP contribution >= 0.6 is 0 Å². The lowest BCUT2D eigenvalue weighted by Gasteiger charge is -2.06. The second kappa shape index (κ2) is 3.56. The van der Waals surface area contributed by atoms with Crippen molar-refractivity contribution in [2.75, 3.05) is 12.4 Å². The molecule has 0 aliphatic heterocycles. The molecule has 1 aromatic heterocycles. The summed E-state index contributed by atoms with van der Waals surface area (Å²) in [5, 5.41) is 5.11. The van der Waals surface area contributed by atoms with Crippen LogP contribution in [0.15, 0.2) is 12.4 Å². The number of amides is 1. The van der Waals surface area contributed by atoms with Gasteiger partial charge < -0.3 is 11.2 Å². The van der Waals surface area contributed by atoms with Gasteiger partial charge in [0.05, 0.1) is 18.0 Å². The third-order valence-corrected chi connectivity index (χ3v) is 1.31. The fourth-order valence-electron chi connectivity index (χ4n) is 0.738. The van der Waals surface area contributed by atoms with Gasteiger partial charge in [0.1, 0.15) is 6.54 Å². The van der Waals surface area contributed by atoms with Gasteiger partial charge in [-0.1, -0.05) is 0 Å². The number of rotatable bonds is 2. The molecule has 0 aromatic carbocycles. The van der Waals surface area contributed by atoms with Crippen LogP contribution in [0.4, 0.5) is 13.2 Å². The average molecular weight is 208 g/mol. The normalized spacial score (nSPS) is 11.4. The molecule has 1 heterocycles. The number of aromatic nitrogens is 2. The molecule has 0 unspecified atom stereocenters. The van der Waals surface area contributed by atoms with Crippen LogP contribution in [0.5, 0.6) is 0 Å². The molecule has 8 heteroatoms. The topological polar surface area (TPSA) is 72.9 Å². The molecule has 0 aliphatic rings. The Hall–Kier alpha value is -1.73. The quantitative estimate of drug-likeness (QED) is 0.666. The van der Waals surface area contributed by atoms with Crippen LogP contribution in [-0.4, -0.2) is 28.5 Å². The van der Waals surface area contributed by atoms with Gasteiger partial charge in [0, 0.05) is 0 Å². The fourth-order valence-corrected chi connectivity index (χ4v) is 0.738. The Morgan fingerprint density at radius 1 is 1.64 bits per heavy atom. The summed E-state index contributed by atoms with van der Waals surface area (Å²) in [6.07, 6.45) is -2.23. The van der Waals surface area contributed by atoms with Gasteiger partial charge in [-0.25, -0.2) is 0 Å². The molecule has 78 valence electrons. The van der Waals surface area contributed by atoms with E-state index in [1.807, 2.05) is 0 Å². The minimum Gasteiger partial charge on any atom is -0.343 e. The number of nitrogens with two attached hydrogens (primary N) is 1. The molecule has 0 radical (unpaired) electrons. The molecule has 1 amide bonds. The van der Waals surface area contributed by atoms with Gasteiger partial charge in [0.15, 0.2) is 0 Å². The number of nitrogens with zero attached hydrogens (tertiary/aromatic N) is 2. The number of carbonyl (C=O) groups excluding carboxylic acids is 1. The molecule has 1 aromatic rings. The van der Waals surface area contributed by atoms with Crippen molar-refractivity contribution in [3.05, 3.63) is 18.0 Å². The highest BCUT2D eigenvalue weighted by Gasteiger charge is 2.28. The summed E-state index contributed by atoms with van der Waals surface area (Å²) in [6, 6.07) is 0. The predicted octanol–water partition coefficient (Wildman–Crippen LogP) is -0.111. The zero-order valence-corrected chi connectivity index (χ0v) is 6.88. The first-order chi connectivity index (χ1) is 6.38. The first-order valence-electron chi connectivity index (χ1n) is 3.53. The molecule has 3 N–H and O–H groups in total. The summed E-state index contributed by atoms with van der Waals surface area (Å²) >= 11 is 0. The van der Waals surface area contributed by atoms with E-state index in [0.717, 1.165) is 17.2 Å². The molecular formula is C6H7F3N4O. The van der Waals surface area contributed by atoms with Crippen LogP contribution in [-0.2, 0) is 0 Å². The van der Waals surface area contributed by atoms with E-state index in [-0.39, 0.29) is 5.56 Å². The maximum absolute atomic E-state index is 11.7. The second-order valence-electron chi connectivity index (χ2n) is 2.51. The summed E-state index contributed by atoms with van der Waals surface area (Å²) in [7, 11) is 0. The van der Waals surface area contributed by atoms with Gasteiger partial charge in [0.2, 0.25) is 0 Å². The van der Waals surface area contributed by atoms with E-state index in [1.54, 1.807) is 5.32 Å². The van der Waals surface area contributed by atoms with E-state index in [2.05, 4.69) is 5.10 Å². The van der Waals surface area contributed by atoms with Crippen molar-refractivity contribution >= 4 is 5.91 Å². The molecule has 5 nitrogen and oxygen atoms in total. The van der Waals surface area contributed by atoms with Crippen molar-refractivity contribution in [2.24, 2.45) is 0 Å². The Morgan fingerprint density at radius 3 is 2.71 bits per heavy atom. The van der Waals surface area contributed by atoms with Crippen molar-refractivity contribution in [2.45, 2.75) is 6.18 Å². The highest BCUT2D eigenvalue weighted by atomic mass is 19.4. The molecule has 14 heavy (non-hydrogen) atoms. The molecule has 0 saturated carbocycles. The zero-order valence-electron chi connectivity index (χ0n) is 6.88. The lowest BCUT2D eigenvalue weighted by molar-refractivity contribution is -0.123. The van der Waals surface area contributed by atoms with Crippen LogP contribution in [0.25, 0.3) is 0 Å². The number of carbonyl (C=O) groups is 1. The summed E-state index contributed by atoms with van der Waals surface area (Å²) in [5.74, 6) is 4.24. The third-order valence-electron chi connectivity index (χ3n) is 1.31. The third kappa shape index (κ3) is 2.96. The first kappa shape index (κ1) is 10.4. The predicted molar refractivity (Wildman–Crippen MR) is 40.8 cm³/mol. The van der Waals surface area contributed by atoms with E-state index in [4.69, 9.17) is 5.84 Å². The number of halogens is 3. The van der Waals surface area contributed by atoms with Crippen molar-refractivity contribution in [3.63, 3.8) is 0 Å². The molecule has 0 aliphatic carbocycles. The Balaban J connectivity index is 2.52. The number of alkyl halides is 3. The monoisotopic (exact) mass is 208 g/mol. The molecular weight excluding hydrogens is 201 g/mol. The minimum atomic E-state index is -4.42. The van der Waals surface area contributed by atoms with Gasteiger partial charge in [-0.2, -0.15) is 23.1 Å². The number of nitrogens with one attached hydrogen (secondary N) is 1. The van der Waals surface area contributed by atoms with Crippen LogP contribution in [0.2, 0.25) is 0 Å². The van der Waals surface area contributed by atoms with Crippen molar-refractivity contribution < 1.29 is 18.0 Å². The van der Waals surface area contributed by atoms with Gasteiger partial charge in [-0.3, -0.25) is 4.79 Å². The van der Waals surface area contributed by atoms with Crippen LogP contribution in [0.1, 0.15) is 10.4 Å². The smallest absolute Gasteiger partial charge is 0.343 e. The Labute approximate surface area is 76.7 Å². The van der Waals surface area contributed by atoms with E-state index in [1.165, 1.54) is 0 Å². The van der Waals surface area contributed by atoms with Gasteiger partial charge in [0.25, 0.3) is 5.91 Å². The van der Waals surface area contributed by atoms with E-state index in [0.29, 0.717) is 0 Å². The van der Waals surface area contributed by atoms with Crippen molar-refractivity contribution in [3.8, 4) is 0 Å². The number of hydrogen-bond acceptors (Lipinski definition) is 3. The lowest BCUT2D eigenvalue weighted by Crippen LogP contribution is -2.33. The Kier molecular flexibility index (Phi) is 2.63. The van der Waals surface area contributed by atoms with E-state index >= 15 is 0 Å². The van der Waals surface area contributed by atoms with Gasteiger partial charge in [-0.05, 0) is 0 Å². The molecule has 0 atom stereocenters. The number of nitrogen functional groups attached to an aromatic ring is 1. The number of hydrogen-bond donors (Lipinski definition) is 2. The maximum Gasteiger partial charge on any atom is 0.405 e. The standard InChI is InChI=1S/C6H7F3N4O/c7-6(8,9)3-11-5(14)4-1-12-13(10)2-4/h1-2H,3,10H2,(H,11,14). The van der Waals surface area contributed by atoms with Crippen LogP contribution in [0.3, 0.4) is 0 Å². The molecule has 0 fully saturated rings. The fraction of sp³-hybridized carbons (Fsp3) is 0.333. The lowest BCUT2D eigenvalue weighted by atomic mass is 10.3. The highest BCUT2D eigenvalue weighted by Crippen LogP contribution is 2.12. The summed E-state index contributed by atoms with van der Waals surface area (Å²) in [5.41, 5.74) is -0.0169. The van der Waals surface area contributed by atoms with Crippen LogP contribution in [0, 0.1) is 0 Å². The first-order valence-corrected chi connectivity index (χ1v) is 3.53. The molecule has 0 bridgehead atoms. The average Bonchev–Trinajstić information content (AvgIpc) is 2.46. The molecule has 1 rings (SSSR count). The zero-order chi connectivity index (χ0) is 10.8. The van der Waals surface area contributed by atoms with E-state index < -0.39 is 18.6 Å². The Bertz CT molecular complexity index is 332. The van der Waals surface area contributed by atoms with Gasteiger partial charge >= 0.3 is 6.18 Å². The van der Waals surface area contributed by atoms with Crippen LogP contribution < -0.4 is 11.2 Å². The second-order valence-corrected chi connectivity index (χ2v) is 2.51. The Morgan fingerprint density at radius 2 is 2.29 bits per heavy atom. The summed E-state index contributed by atoms with van der Waals surface area (Å²) in [6.45, 7) is -1.37. The summed E-state index contributed by atoms with van der Waals surface area (Å²) < 4.78 is 35.0. The van der Waals surface area contributed by atoms with Crippen molar-refractivity contribution in [1.82, 2.24) is 15.2 Å². The minimum absolute atomic E-state index is 0.0169. The van der Waals surface area contributed by atoms with Gasteiger partial charge in [-0.15, -0.1) is 0 Å². The van der Waals surface area contributed by atoms with E-state index in [9.17, 15) is 18.0 Å². The summed E-state index contributed by atoms with van der Waals surface area (Å²) in [4.78, 5) is 11.8. The van der Waals surface area contributed by atoms with Crippen molar-refractivity contribution in [1.29, 1.82) is 0 Å². The largest absolute Gasteiger partial charge is 0.405 e. The molecule has 0 saturated heterocycles. The SMILES string of the molecule is Nn1cc(C(=O)NCC(F)(F)F)cn1. The maximum atomic E-state index is 11.7. The molecule has 0 spiro atoms. The highest BCUT2D eigenvalue weighted by molar-refractivity contribution is 5.93.